The van der Waals surface area contributed by atoms with Gasteiger partial charge in [0.05, 0.1) is 16.1 Å². The van der Waals surface area contributed by atoms with Gasteiger partial charge in [0.25, 0.3) is 0 Å². The molecule has 1 aliphatic rings. The van der Waals surface area contributed by atoms with Crippen molar-refractivity contribution in [1.82, 2.24) is 5.32 Å². The summed E-state index contributed by atoms with van der Waals surface area (Å²) < 4.78 is 0. The number of rotatable bonds is 5. The van der Waals surface area contributed by atoms with Crippen molar-refractivity contribution in [3.05, 3.63) is 69.2 Å². The molecule has 1 amide bonds. The number of halogens is 3. The first kappa shape index (κ1) is 18.6. The Bertz CT molecular complexity index is 762. The Labute approximate surface area is 163 Å². The van der Waals surface area contributed by atoms with Crippen LogP contribution in [-0.2, 0) is 4.79 Å². The van der Waals surface area contributed by atoms with E-state index in [1.807, 2.05) is 30.3 Å². The lowest BCUT2D eigenvalue weighted by Gasteiger charge is -2.32. The van der Waals surface area contributed by atoms with Crippen LogP contribution in [0, 0.1) is 0 Å². The van der Waals surface area contributed by atoms with E-state index in [4.69, 9.17) is 34.8 Å². The van der Waals surface area contributed by atoms with Gasteiger partial charge in [-0.25, -0.2) is 0 Å². The molecule has 0 aliphatic heterocycles. The molecule has 0 fully saturated rings. The van der Waals surface area contributed by atoms with Crippen LogP contribution in [0.1, 0.15) is 54.3 Å². The predicted molar refractivity (Wildman–Crippen MR) is 105 cm³/mol. The molecule has 25 heavy (non-hydrogen) atoms. The van der Waals surface area contributed by atoms with Gasteiger partial charge in [-0.15, -0.1) is 11.6 Å². The van der Waals surface area contributed by atoms with Gasteiger partial charge < -0.3 is 5.32 Å². The lowest BCUT2D eigenvalue weighted by atomic mass is 9.76. The molecule has 0 saturated carbocycles. The van der Waals surface area contributed by atoms with Crippen LogP contribution in [0.2, 0.25) is 10.0 Å². The van der Waals surface area contributed by atoms with Gasteiger partial charge in [0.1, 0.15) is 0 Å². The first-order valence-electron chi connectivity index (χ1n) is 8.49. The third kappa shape index (κ3) is 4.31. The van der Waals surface area contributed by atoms with Crippen molar-refractivity contribution in [3.63, 3.8) is 0 Å². The molecular weight excluding hydrogens is 377 g/mol. The fourth-order valence-corrected chi connectivity index (χ4v) is 3.95. The van der Waals surface area contributed by atoms with E-state index in [9.17, 15) is 4.79 Å². The Kier molecular flexibility index (Phi) is 6.27. The smallest absolute Gasteiger partial charge is 0.220 e. The highest BCUT2D eigenvalue weighted by molar-refractivity contribution is 6.42. The second-order valence-corrected chi connectivity index (χ2v) is 7.54. The van der Waals surface area contributed by atoms with Crippen LogP contribution in [0.25, 0.3) is 0 Å². The minimum atomic E-state index is 0.0537. The van der Waals surface area contributed by atoms with Crippen LogP contribution in [0.15, 0.2) is 42.5 Å². The quantitative estimate of drug-likeness (QED) is 0.608. The maximum atomic E-state index is 12.1. The molecule has 0 radical (unpaired) electrons. The number of alkyl halides is 1. The third-order valence-corrected chi connectivity index (χ3v) is 5.72. The van der Waals surface area contributed by atoms with Crippen molar-refractivity contribution in [2.75, 3.05) is 5.88 Å². The number of fused-ring (bicyclic) bond motifs is 1. The van der Waals surface area contributed by atoms with Gasteiger partial charge in [-0.05, 0) is 48.1 Å². The predicted octanol–water partition coefficient (Wildman–Crippen LogP) is 6.10. The summed E-state index contributed by atoms with van der Waals surface area (Å²) >= 11 is 17.9. The van der Waals surface area contributed by atoms with E-state index >= 15 is 0 Å². The maximum absolute atomic E-state index is 12.1. The van der Waals surface area contributed by atoms with Gasteiger partial charge in [0.2, 0.25) is 5.91 Å². The van der Waals surface area contributed by atoms with Crippen molar-refractivity contribution in [2.45, 2.75) is 37.6 Å². The highest BCUT2D eigenvalue weighted by Gasteiger charge is 2.29. The van der Waals surface area contributed by atoms with E-state index in [0.717, 1.165) is 18.4 Å². The second kappa shape index (κ2) is 8.44. The van der Waals surface area contributed by atoms with Crippen LogP contribution in [0.5, 0.6) is 0 Å². The van der Waals surface area contributed by atoms with Gasteiger partial charge >= 0.3 is 0 Å². The zero-order valence-corrected chi connectivity index (χ0v) is 16.0. The summed E-state index contributed by atoms with van der Waals surface area (Å²) in [6, 6.07) is 14.2. The molecule has 2 aromatic rings. The first-order chi connectivity index (χ1) is 12.1. The molecule has 3 rings (SSSR count). The highest BCUT2D eigenvalue weighted by atomic mass is 35.5. The van der Waals surface area contributed by atoms with Crippen LogP contribution >= 0.6 is 34.8 Å². The SMILES string of the molecule is O=C(CCCCl)N[C@@H]1CC[C@@H](c2ccc(Cl)c(Cl)c2)c2ccccc21. The van der Waals surface area contributed by atoms with Gasteiger partial charge in [-0.1, -0.05) is 53.5 Å². The van der Waals surface area contributed by atoms with E-state index < -0.39 is 0 Å². The highest BCUT2D eigenvalue weighted by Crippen LogP contribution is 2.42. The number of benzene rings is 2. The van der Waals surface area contributed by atoms with E-state index in [2.05, 4.69) is 17.4 Å². The molecule has 1 aliphatic carbocycles. The summed E-state index contributed by atoms with van der Waals surface area (Å²) in [4.78, 5) is 12.1. The maximum Gasteiger partial charge on any atom is 0.220 e. The standard InChI is InChI=1S/C20H20Cl3NO/c21-11-3-6-20(25)24-19-10-8-14(15-4-1-2-5-16(15)19)13-7-9-17(22)18(23)12-13/h1-2,4-5,7,9,12,14,19H,3,6,8,10-11H2,(H,24,25)/t14-,19+/m0/s1. The molecule has 2 aromatic carbocycles. The molecule has 2 atom stereocenters. The fraction of sp³-hybridized carbons (Fsp3) is 0.350. The van der Waals surface area contributed by atoms with Crippen molar-refractivity contribution >= 4 is 40.7 Å². The van der Waals surface area contributed by atoms with Gasteiger partial charge in [-0.2, -0.15) is 0 Å². The zero-order chi connectivity index (χ0) is 17.8. The molecule has 0 spiro atoms. The number of hydrogen-bond donors (Lipinski definition) is 1. The van der Waals surface area contributed by atoms with Crippen molar-refractivity contribution in [2.24, 2.45) is 0 Å². The number of nitrogens with one attached hydrogen (secondary N) is 1. The molecule has 0 bridgehead atoms. The van der Waals surface area contributed by atoms with Crippen LogP contribution in [-0.4, -0.2) is 11.8 Å². The van der Waals surface area contributed by atoms with E-state index in [1.54, 1.807) is 0 Å². The van der Waals surface area contributed by atoms with E-state index in [1.165, 1.54) is 11.1 Å². The third-order valence-electron chi connectivity index (χ3n) is 4.71. The summed E-state index contributed by atoms with van der Waals surface area (Å²) in [5, 5.41) is 4.30. The Balaban J connectivity index is 1.85. The Morgan fingerprint density at radius 3 is 2.52 bits per heavy atom. The summed E-state index contributed by atoms with van der Waals surface area (Å²) in [5.41, 5.74) is 3.59. The average Bonchev–Trinajstić information content (AvgIpc) is 2.63. The molecule has 0 aromatic heterocycles. The van der Waals surface area contributed by atoms with Crippen LogP contribution < -0.4 is 5.32 Å². The topological polar surface area (TPSA) is 29.1 Å². The second-order valence-electron chi connectivity index (χ2n) is 6.35. The Morgan fingerprint density at radius 1 is 1.04 bits per heavy atom. The number of carbonyl (C=O) groups is 1. The fourth-order valence-electron chi connectivity index (χ4n) is 3.51. The Hall–Kier alpha value is -1.22. The monoisotopic (exact) mass is 395 g/mol. The lowest BCUT2D eigenvalue weighted by Crippen LogP contribution is -2.32. The van der Waals surface area contributed by atoms with Gasteiger partial charge in [-0.3, -0.25) is 4.79 Å². The van der Waals surface area contributed by atoms with Gasteiger partial charge in [0, 0.05) is 18.2 Å². The molecular formula is C20H20Cl3NO. The molecule has 0 saturated heterocycles. The molecule has 2 nitrogen and oxygen atoms in total. The van der Waals surface area contributed by atoms with E-state index in [0.29, 0.717) is 28.8 Å². The minimum Gasteiger partial charge on any atom is -0.349 e. The van der Waals surface area contributed by atoms with Crippen molar-refractivity contribution < 1.29 is 4.79 Å². The summed E-state index contributed by atoms with van der Waals surface area (Å²) in [7, 11) is 0. The summed E-state index contributed by atoms with van der Waals surface area (Å²) in [5.74, 6) is 0.837. The number of carbonyl (C=O) groups excluding carboxylic acids is 1. The zero-order valence-electron chi connectivity index (χ0n) is 13.8. The Morgan fingerprint density at radius 2 is 1.80 bits per heavy atom. The summed E-state index contributed by atoms with van der Waals surface area (Å²) in [6.07, 6.45) is 3.02. The first-order valence-corrected chi connectivity index (χ1v) is 9.78. The van der Waals surface area contributed by atoms with Crippen molar-refractivity contribution in [1.29, 1.82) is 0 Å². The molecule has 0 heterocycles. The minimum absolute atomic E-state index is 0.0537. The number of amides is 1. The van der Waals surface area contributed by atoms with Crippen LogP contribution in [0.3, 0.4) is 0 Å². The van der Waals surface area contributed by atoms with Crippen molar-refractivity contribution in [3.8, 4) is 0 Å². The average molecular weight is 397 g/mol. The lowest BCUT2D eigenvalue weighted by molar-refractivity contribution is -0.122. The largest absolute Gasteiger partial charge is 0.349 e. The summed E-state index contributed by atoms with van der Waals surface area (Å²) in [6.45, 7) is 0. The normalized spacial score (nSPS) is 19.3. The molecule has 132 valence electrons. The van der Waals surface area contributed by atoms with Gasteiger partial charge in [0.15, 0.2) is 0 Å². The van der Waals surface area contributed by atoms with Crippen LogP contribution in [0.4, 0.5) is 0 Å². The molecule has 5 heteroatoms. The van der Waals surface area contributed by atoms with E-state index in [-0.39, 0.29) is 17.9 Å². The molecule has 0 unspecified atom stereocenters. The number of hydrogen-bond acceptors (Lipinski definition) is 1. The molecule has 1 N–H and O–H groups in total.